The molecule has 0 saturated carbocycles. The molecule has 156 valence electrons. The molecule has 1 aliphatic heterocycles. The van der Waals surface area contributed by atoms with Crippen LogP contribution in [-0.4, -0.2) is 79.7 Å². The molecule has 1 fully saturated rings. The predicted octanol–water partition coefficient (Wildman–Crippen LogP) is 1.52. The lowest BCUT2D eigenvalue weighted by atomic mass is 10.0. The molecule has 0 radical (unpaired) electrons. The van der Waals surface area contributed by atoms with Gasteiger partial charge in [-0.1, -0.05) is 29.8 Å². The first-order chi connectivity index (χ1) is 14.0. The summed E-state index contributed by atoms with van der Waals surface area (Å²) in [5, 5.41) is 3.03. The Balaban J connectivity index is 1.75. The van der Waals surface area contributed by atoms with Crippen molar-refractivity contribution < 1.29 is 14.3 Å². The van der Waals surface area contributed by atoms with Gasteiger partial charge in [0.1, 0.15) is 5.69 Å². The second-order valence-corrected chi connectivity index (χ2v) is 7.26. The highest BCUT2D eigenvalue weighted by Crippen LogP contribution is 2.22. The number of aryl methyl sites for hydroxylation is 1. The van der Waals surface area contributed by atoms with Crippen molar-refractivity contribution in [3.8, 4) is 11.9 Å². The molecule has 8 heteroatoms. The molecule has 0 spiro atoms. The number of rotatable bonds is 7. The Morgan fingerprint density at radius 2 is 1.79 bits per heavy atom. The van der Waals surface area contributed by atoms with E-state index >= 15 is 0 Å². The van der Waals surface area contributed by atoms with Crippen LogP contribution >= 0.6 is 0 Å². The van der Waals surface area contributed by atoms with Crippen LogP contribution in [0.1, 0.15) is 27.7 Å². The van der Waals surface area contributed by atoms with Crippen LogP contribution in [0.25, 0.3) is 0 Å². The molecule has 2 heterocycles. The molecule has 1 N–H and O–H groups in total. The molecular formula is C21H29N5O3. The van der Waals surface area contributed by atoms with Crippen molar-refractivity contribution in [2.45, 2.75) is 13.0 Å². The van der Waals surface area contributed by atoms with Crippen LogP contribution < -0.4 is 14.8 Å². The first-order valence-electron chi connectivity index (χ1n) is 9.74. The number of nitrogens with one attached hydrogen (secondary N) is 1. The zero-order valence-electron chi connectivity index (χ0n) is 17.5. The third-order valence-electron chi connectivity index (χ3n) is 5.20. The maximum absolute atomic E-state index is 12.8. The summed E-state index contributed by atoms with van der Waals surface area (Å²) in [6.45, 7) is 6.50. The van der Waals surface area contributed by atoms with Crippen molar-refractivity contribution in [1.82, 2.24) is 25.1 Å². The molecule has 1 aromatic heterocycles. The summed E-state index contributed by atoms with van der Waals surface area (Å²) < 4.78 is 10.2. The average Bonchev–Trinajstić information content (AvgIpc) is 2.75. The van der Waals surface area contributed by atoms with Crippen molar-refractivity contribution >= 4 is 5.91 Å². The van der Waals surface area contributed by atoms with E-state index < -0.39 is 0 Å². The number of hydrogen-bond acceptors (Lipinski definition) is 7. The van der Waals surface area contributed by atoms with E-state index in [9.17, 15) is 4.79 Å². The highest BCUT2D eigenvalue weighted by Gasteiger charge is 2.25. The molecule has 0 aliphatic carbocycles. The quantitative estimate of drug-likeness (QED) is 0.756. The summed E-state index contributed by atoms with van der Waals surface area (Å²) in [6.07, 6.45) is 0. The van der Waals surface area contributed by atoms with Crippen molar-refractivity contribution in [3.63, 3.8) is 0 Å². The number of benzene rings is 1. The Morgan fingerprint density at radius 3 is 2.41 bits per heavy atom. The van der Waals surface area contributed by atoms with E-state index in [0.29, 0.717) is 6.54 Å². The summed E-state index contributed by atoms with van der Waals surface area (Å²) in [5.74, 6) is 0.00592. The standard InChI is InChI=1S/C21H29N5O3/c1-15-5-7-16(8-6-15)18(26-11-9-25(2)10-12-26)14-22-20(27)17-13-19(28-3)24-21(23-17)29-4/h5-8,13,18H,9-12,14H2,1-4H3,(H,22,27). The highest BCUT2D eigenvalue weighted by atomic mass is 16.5. The molecule has 1 aromatic carbocycles. The molecule has 2 aromatic rings. The van der Waals surface area contributed by atoms with Crippen molar-refractivity contribution in [2.24, 2.45) is 0 Å². The SMILES string of the molecule is COc1cc(C(=O)NCC(c2ccc(C)cc2)N2CCN(C)CC2)nc(OC)n1. The third kappa shape index (κ3) is 5.42. The second kappa shape index (κ2) is 9.67. The van der Waals surface area contributed by atoms with Crippen LogP contribution in [0.2, 0.25) is 0 Å². The molecular weight excluding hydrogens is 370 g/mol. The summed E-state index contributed by atoms with van der Waals surface area (Å²) in [5.41, 5.74) is 2.63. The number of likely N-dealkylation sites (N-methyl/N-ethyl adjacent to an activating group) is 1. The van der Waals surface area contributed by atoms with Gasteiger partial charge in [0.15, 0.2) is 0 Å². The van der Waals surface area contributed by atoms with Gasteiger partial charge < -0.3 is 19.7 Å². The number of carbonyl (C=O) groups excluding carboxylic acids is 1. The van der Waals surface area contributed by atoms with Gasteiger partial charge in [-0.3, -0.25) is 9.69 Å². The normalized spacial score (nSPS) is 16.3. The maximum Gasteiger partial charge on any atom is 0.320 e. The Bertz CT molecular complexity index is 797. The third-order valence-corrected chi connectivity index (χ3v) is 5.20. The number of piperazine rings is 1. The number of hydrogen-bond donors (Lipinski definition) is 1. The lowest BCUT2D eigenvalue weighted by Crippen LogP contribution is -2.48. The van der Waals surface area contributed by atoms with Crippen molar-refractivity contribution in [2.75, 3.05) is 54.0 Å². The van der Waals surface area contributed by atoms with E-state index in [0.717, 1.165) is 26.2 Å². The molecule has 1 aliphatic rings. The van der Waals surface area contributed by atoms with Gasteiger partial charge in [0.05, 0.1) is 20.3 Å². The molecule has 3 rings (SSSR count). The van der Waals surface area contributed by atoms with E-state index in [1.54, 1.807) is 0 Å². The zero-order chi connectivity index (χ0) is 20.8. The fraction of sp³-hybridized carbons (Fsp3) is 0.476. The van der Waals surface area contributed by atoms with Crippen molar-refractivity contribution in [1.29, 1.82) is 0 Å². The van der Waals surface area contributed by atoms with Gasteiger partial charge in [-0.05, 0) is 19.5 Å². The van der Waals surface area contributed by atoms with Gasteiger partial charge in [-0.2, -0.15) is 9.97 Å². The average molecular weight is 399 g/mol. The van der Waals surface area contributed by atoms with Crippen LogP contribution in [-0.2, 0) is 0 Å². The van der Waals surface area contributed by atoms with E-state index in [2.05, 4.69) is 63.3 Å². The van der Waals surface area contributed by atoms with Crippen LogP contribution in [0.4, 0.5) is 0 Å². The number of nitrogens with zero attached hydrogens (tertiary/aromatic N) is 4. The molecule has 1 saturated heterocycles. The number of aromatic nitrogens is 2. The maximum atomic E-state index is 12.8. The monoisotopic (exact) mass is 399 g/mol. The first kappa shape index (κ1) is 21.0. The van der Waals surface area contributed by atoms with Gasteiger partial charge in [0.25, 0.3) is 5.91 Å². The van der Waals surface area contributed by atoms with Gasteiger partial charge >= 0.3 is 6.01 Å². The van der Waals surface area contributed by atoms with E-state index in [-0.39, 0.29) is 29.5 Å². The molecule has 1 unspecified atom stereocenters. The van der Waals surface area contributed by atoms with E-state index in [4.69, 9.17) is 9.47 Å². The van der Waals surface area contributed by atoms with Gasteiger partial charge in [0.2, 0.25) is 5.88 Å². The summed E-state index contributed by atoms with van der Waals surface area (Å²) in [7, 11) is 5.08. The molecule has 1 atom stereocenters. The van der Waals surface area contributed by atoms with Crippen LogP contribution in [0, 0.1) is 6.92 Å². The molecule has 8 nitrogen and oxygen atoms in total. The predicted molar refractivity (Wildman–Crippen MR) is 110 cm³/mol. The van der Waals surface area contributed by atoms with E-state index in [1.165, 1.54) is 31.4 Å². The Kier molecular flexibility index (Phi) is 7.00. The van der Waals surface area contributed by atoms with Crippen LogP contribution in [0.3, 0.4) is 0 Å². The number of carbonyl (C=O) groups is 1. The summed E-state index contributed by atoms with van der Waals surface area (Å²) in [6, 6.07) is 10.2. The van der Waals surface area contributed by atoms with Crippen LogP contribution in [0.5, 0.6) is 11.9 Å². The van der Waals surface area contributed by atoms with Gasteiger partial charge in [-0.15, -0.1) is 0 Å². The minimum Gasteiger partial charge on any atom is -0.481 e. The lowest BCUT2D eigenvalue weighted by molar-refractivity contribution is 0.0880. The fourth-order valence-electron chi connectivity index (χ4n) is 3.38. The number of methoxy groups -OCH3 is 2. The largest absolute Gasteiger partial charge is 0.481 e. The molecule has 1 amide bonds. The molecule has 29 heavy (non-hydrogen) atoms. The topological polar surface area (TPSA) is 79.8 Å². The zero-order valence-corrected chi connectivity index (χ0v) is 17.5. The minimum atomic E-state index is -0.282. The Hall–Kier alpha value is -2.71. The molecule has 0 bridgehead atoms. The Labute approximate surface area is 171 Å². The number of ether oxygens (including phenoxy) is 2. The van der Waals surface area contributed by atoms with Crippen LogP contribution in [0.15, 0.2) is 30.3 Å². The summed E-state index contributed by atoms with van der Waals surface area (Å²) in [4.78, 5) is 25.7. The Morgan fingerprint density at radius 1 is 1.10 bits per heavy atom. The van der Waals surface area contributed by atoms with Crippen molar-refractivity contribution in [3.05, 3.63) is 47.2 Å². The number of amides is 1. The lowest BCUT2D eigenvalue weighted by Gasteiger charge is -2.38. The summed E-state index contributed by atoms with van der Waals surface area (Å²) >= 11 is 0. The highest BCUT2D eigenvalue weighted by molar-refractivity contribution is 5.92. The van der Waals surface area contributed by atoms with E-state index in [1.807, 2.05) is 0 Å². The first-order valence-corrected chi connectivity index (χ1v) is 9.74. The van der Waals surface area contributed by atoms with Gasteiger partial charge in [0, 0.05) is 38.8 Å². The fourth-order valence-corrected chi connectivity index (χ4v) is 3.38. The smallest absolute Gasteiger partial charge is 0.320 e. The minimum absolute atomic E-state index is 0.0962. The second-order valence-electron chi connectivity index (χ2n) is 7.26. The van der Waals surface area contributed by atoms with Gasteiger partial charge in [-0.25, -0.2) is 0 Å².